The van der Waals surface area contributed by atoms with Gasteiger partial charge < -0.3 is 9.52 Å². The molecule has 2 aromatic rings. The molecule has 0 aliphatic carbocycles. The zero-order chi connectivity index (χ0) is 14.0. The summed E-state index contributed by atoms with van der Waals surface area (Å²) < 4.78 is 5.02. The molecule has 0 unspecified atom stereocenters. The van der Waals surface area contributed by atoms with Gasteiger partial charge in [-0.25, -0.2) is 4.79 Å². The Morgan fingerprint density at radius 1 is 1.32 bits per heavy atom. The maximum Gasteiger partial charge on any atom is 0.336 e. The molecule has 2 rings (SSSR count). The SMILES string of the molecule is CC(C)CC(=O)Cc1cc(=O)oc2cc(O)ccc12. The van der Waals surface area contributed by atoms with E-state index in [1.165, 1.54) is 18.2 Å². The van der Waals surface area contributed by atoms with Crippen LogP contribution in [0.1, 0.15) is 25.8 Å². The normalized spacial score (nSPS) is 11.1. The topological polar surface area (TPSA) is 67.5 Å². The molecule has 0 spiro atoms. The second-order valence-corrected chi connectivity index (χ2v) is 5.08. The number of carbonyl (C=O) groups is 1. The number of phenolic OH excluding ortho intramolecular Hbond substituents is 1. The van der Waals surface area contributed by atoms with Gasteiger partial charge in [0.05, 0.1) is 0 Å². The van der Waals surface area contributed by atoms with Crippen molar-refractivity contribution in [2.45, 2.75) is 26.7 Å². The number of ketones is 1. The highest BCUT2D eigenvalue weighted by Gasteiger charge is 2.11. The summed E-state index contributed by atoms with van der Waals surface area (Å²) in [6.07, 6.45) is 0.699. The average molecular weight is 260 g/mol. The third-order valence-corrected chi connectivity index (χ3v) is 2.84. The summed E-state index contributed by atoms with van der Waals surface area (Å²) in [5.41, 5.74) is 0.446. The molecule has 0 bridgehead atoms. The largest absolute Gasteiger partial charge is 0.508 e. The summed E-state index contributed by atoms with van der Waals surface area (Å²) in [5.74, 6) is 0.416. The minimum atomic E-state index is -0.509. The van der Waals surface area contributed by atoms with E-state index in [-0.39, 0.29) is 18.0 Å². The molecule has 1 aromatic carbocycles. The molecule has 0 fully saturated rings. The van der Waals surface area contributed by atoms with Gasteiger partial charge in [-0.2, -0.15) is 0 Å². The van der Waals surface area contributed by atoms with Crippen LogP contribution in [-0.4, -0.2) is 10.9 Å². The summed E-state index contributed by atoms with van der Waals surface area (Å²) in [5, 5.41) is 10.1. The predicted octanol–water partition coefficient (Wildman–Crippen LogP) is 2.66. The minimum absolute atomic E-state index is 0.0290. The zero-order valence-electron chi connectivity index (χ0n) is 11.0. The monoisotopic (exact) mass is 260 g/mol. The van der Waals surface area contributed by atoms with Crippen molar-refractivity contribution >= 4 is 16.8 Å². The number of benzene rings is 1. The van der Waals surface area contributed by atoms with E-state index in [0.717, 1.165) is 0 Å². The lowest BCUT2D eigenvalue weighted by atomic mass is 9.99. The molecule has 4 nitrogen and oxygen atoms in total. The van der Waals surface area contributed by atoms with Gasteiger partial charge in [0.15, 0.2) is 0 Å². The molecule has 0 atom stereocenters. The fourth-order valence-electron chi connectivity index (χ4n) is 2.10. The quantitative estimate of drug-likeness (QED) is 0.858. The first-order valence-electron chi connectivity index (χ1n) is 6.23. The van der Waals surface area contributed by atoms with Gasteiger partial charge in [-0.05, 0) is 23.6 Å². The Balaban J connectivity index is 2.42. The summed E-state index contributed by atoms with van der Waals surface area (Å²) >= 11 is 0. The van der Waals surface area contributed by atoms with Crippen molar-refractivity contribution in [3.63, 3.8) is 0 Å². The first-order chi connectivity index (χ1) is 8.95. The van der Waals surface area contributed by atoms with Crippen LogP contribution in [0, 0.1) is 5.92 Å². The van der Waals surface area contributed by atoms with Crippen molar-refractivity contribution in [3.05, 3.63) is 40.2 Å². The van der Waals surface area contributed by atoms with E-state index in [9.17, 15) is 14.7 Å². The number of Topliss-reactive ketones (excluding diaryl/α,β-unsaturated/α-hetero) is 1. The van der Waals surface area contributed by atoms with E-state index in [1.54, 1.807) is 6.07 Å². The molecule has 19 heavy (non-hydrogen) atoms. The Hall–Kier alpha value is -2.10. The number of carbonyl (C=O) groups excluding carboxylic acids is 1. The van der Waals surface area contributed by atoms with Gasteiger partial charge in [-0.3, -0.25) is 4.79 Å². The molecule has 0 saturated carbocycles. The number of hydrogen-bond acceptors (Lipinski definition) is 4. The van der Waals surface area contributed by atoms with Crippen LogP contribution in [0.15, 0.2) is 33.5 Å². The fourth-order valence-corrected chi connectivity index (χ4v) is 2.10. The number of fused-ring (bicyclic) bond motifs is 1. The van der Waals surface area contributed by atoms with E-state index >= 15 is 0 Å². The zero-order valence-corrected chi connectivity index (χ0v) is 11.0. The summed E-state index contributed by atoms with van der Waals surface area (Å²) in [4.78, 5) is 23.3. The molecule has 0 aliphatic heterocycles. The second-order valence-electron chi connectivity index (χ2n) is 5.08. The van der Waals surface area contributed by atoms with Gasteiger partial charge in [0.1, 0.15) is 17.1 Å². The number of rotatable bonds is 4. The Kier molecular flexibility index (Phi) is 3.69. The van der Waals surface area contributed by atoms with E-state index in [4.69, 9.17) is 4.42 Å². The molecule has 1 N–H and O–H groups in total. The third-order valence-electron chi connectivity index (χ3n) is 2.84. The Morgan fingerprint density at radius 2 is 2.05 bits per heavy atom. The van der Waals surface area contributed by atoms with Crippen LogP contribution >= 0.6 is 0 Å². The highest BCUT2D eigenvalue weighted by molar-refractivity contribution is 5.88. The predicted molar refractivity (Wildman–Crippen MR) is 72.3 cm³/mol. The summed E-state index contributed by atoms with van der Waals surface area (Å²) in [7, 11) is 0. The lowest BCUT2D eigenvalue weighted by molar-refractivity contribution is -0.119. The van der Waals surface area contributed by atoms with Crippen molar-refractivity contribution in [1.29, 1.82) is 0 Å². The lowest BCUT2D eigenvalue weighted by Crippen LogP contribution is -2.09. The van der Waals surface area contributed by atoms with Gasteiger partial charge in [-0.15, -0.1) is 0 Å². The summed E-state index contributed by atoms with van der Waals surface area (Å²) in [6.45, 7) is 3.96. The molecular weight excluding hydrogens is 244 g/mol. The van der Waals surface area contributed by atoms with Crippen LogP contribution in [0.3, 0.4) is 0 Å². The van der Waals surface area contributed by atoms with Crippen molar-refractivity contribution in [3.8, 4) is 5.75 Å². The second kappa shape index (κ2) is 5.26. The standard InChI is InChI=1S/C15H16O4/c1-9(2)5-12(17)6-10-7-15(18)19-14-8-11(16)3-4-13(10)14/h3-4,7-9,16H,5-6H2,1-2H3. The number of hydrogen-bond donors (Lipinski definition) is 1. The first-order valence-corrected chi connectivity index (χ1v) is 6.23. The van der Waals surface area contributed by atoms with Crippen LogP contribution in [0.5, 0.6) is 5.75 Å². The molecule has 4 heteroatoms. The Morgan fingerprint density at radius 3 is 2.74 bits per heavy atom. The van der Waals surface area contributed by atoms with Gasteiger partial charge >= 0.3 is 5.63 Å². The van der Waals surface area contributed by atoms with Crippen LogP contribution in [-0.2, 0) is 11.2 Å². The van der Waals surface area contributed by atoms with Crippen LogP contribution in [0.25, 0.3) is 11.0 Å². The van der Waals surface area contributed by atoms with E-state index in [1.807, 2.05) is 13.8 Å². The molecule has 0 aliphatic rings. The van der Waals surface area contributed by atoms with Gasteiger partial charge in [-0.1, -0.05) is 13.8 Å². The molecule has 0 saturated heterocycles. The Bertz CT molecular complexity index is 667. The molecule has 1 aromatic heterocycles. The van der Waals surface area contributed by atoms with Gasteiger partial charge in [0.2, 0.25) is 0 Å². The molecule has 0 amide bonds. The Labute approximate surface area is 110 Å². The maximum absolute atomic E-state index is 11.9. The van der Waals surface area contributed by atoms with Gasteiger partial charge in [0.25, 0.3) is 0 Å². The minimum Gasteiger partial charge on any atom is -0.508 e. The van der Waals surface area contributed by atoms with Crippen LogP contribution in [0.2, 0.25) is 0 Å². The van der Waals surface area contributed by atoms with Crippen molar-refractivity contribution in [2.75, 3.05) is 0 Å². The number of aromatic hydroxyl groups is 1. The van der Waals surface area contributed by atoms with Crippen molar-refractivity contribution < 1.29 is 14.3 Å². The molecule has 0 radical (unpaired) electrons. The van der Waals surface area contributed by atoms with Crippen LogP contribution < -0.4 is 5.63 Å². The van der Waals surface area contributed by atoms with Crippen LogP contribution in [0.4, 0.5) is 0 Å². The summed E-state index contributed by atoms with van der Waals surface area (Å²) in [6, 6.07) is 5.90. The molecule has 1 heterocycles. The molecular formula is C15H16O4. The van der Waals surface area contributed by atoms with E-state index in [0.29, 0.717) is 28.9 Å². The fraction of sp³-hybridized carbons (Fsp3) is 0.333. The van der Waals surface area contributed by atoms with E-state index < -0.39 is 5.63 Å². The molecule has 100 valence electrons. The smallest absolute Gasteiger partial charge is 0.336 e. The lowest BCUT2D eigenvalue weighted by Gasteiger charge is -2.06. The van der Waals surface area contributed by atoms with Crippen molar-refractivity contribution in [2.24, 2.45) is 5.92 Å². The highest BCUT2D eigenvalue weighted by Crippen LogP contribution is 2.22. The highest BCUT2D eigenvalue weighted by atomic mass is 16.4. The van der Waals surface area contributed by atoms with Gasteiger partial charge in [0, 0.05) is 30.4 Å². The van der Waals surface area contributed by atoms with Crippen molar-refractivity contribution in [1.82, 2.24) is 0 Å². The van der Waals surface area contributed by atoms with E-state index in [2.05, 4.69) is 0 Å². The maximum atomic E-state index is 11.9. The first kappa shape index (κ1) is 13.3. The number of phenols is 1. The third kappa shape index (κ3) is 3.22. The average Bonchev–Trinajstić information content (AvgIpc) is 2.26.